The van der Waals surface area contributed by atoms with Crippen molar-refractivity contribution in [1.82, 2.24) is 0 Å². The van der Waals surface area contributed by atoms with Crippen molar-refractivity contribution in [2.45, 2.75) is 13.8 Å². The molecule has 0 aliphatic rings. The number of benzene rings is 2. The molecule has 0 amide bonds. The van der Waals surface area contributed by atoms with Gasteiger partial charge in [0.05, 0.1) is 4.92 Å². The molecule has 0 aromatic heterocycles. The molecule has 92 valence electrons. The highest BCUT2D eigenvalue weighted by molar-refractivity contribution is 5.70. The summed E-state index contributed by atoms with van der Waals surface area (Å²) in [5, 5.41) is 14.1. The van der Waals surface area contributed by atoms with Crippen molar-refractivity contribution < 1.29 is 4.92 Å². The summed E-state index contributed by atoms with van der Waals surface area (Å²) in [6.45, 7) is 3.82. The number of aryl methyl sites for hydroxylation is 2. The van der Waals surface area contributed by atoms with Crippen LogP contribution in [-0.4, -0.2) is 4.92 Å². The second-order valence-corrected chi connectivity index (χ2v) is 4.27. The van der Waals surface area contributed by atoms with Gasteiger partial charge in [-0.05, 0) is 43.2 Å². The van der Waals surface area contributed by atoms with Gasteiger partial charge in [-0.25, -0.2) is 0 Å². The summed E-state index contributed by atoms with van der Waals surface area (Å²) in [6, 6.07) is 12.9. The lowest BCUT2D eigenvalue weighted by Gasteiger charge is -2.08. The second kappa shape index (κ2) is 4.87. The molecular formula is C14H14N2O2. The van der Waals surface area contributed by atoms with Gasteiger partial charge in [-0.3, -0.25) is 10.1 Å². The maximum atomic E-state index is 11.0. The lowest BCUT2D eigenvalue weighted by atomic mass is 10.1. The van der Waals surface area contributed by atoms with Crippen LogP contribution >= 0.6 is 0 Å². The molecule has 0 bridgehead atoms. The van der Waals surface area contributed by atoms with Gasteiger partial charge in [-0.2, -0.15) is 0 Å². The fraction of sp³-hybridized carbons (Fsp3) is 0.143. The Bertz CT molecular complexity index is 594. The molecule has 0 fully saturated rings. The Morgan fingerprint density at radius 1 is 1.06 bits per heavy atom. The van der Waals surface area contributed by atoms with E-state index in [1.807, 2.05) is 44.2 Å². The van der Waals surface area contributed by atoms with Gasteiger partial charge in [0, 0.05) is 11.8 Å². The summed E-state index contributed by atoms with van der Waals surface area (Å²) < 4.78 is 0. The molecule has 4 nitrogen and oxygen atoms in total. The van der Waals surface area contributed by atoms with Gasteiger partial charge in [0.15, 0.2) is 0 Å². The van der Waals surface area contributed by atoms with Crippen molar-refractivity contribution in [2.24, 2.45) is 0 Å². The first-order valence-electron chi connectivity index (χ1n) is 5.65. The van der Waals surface area contributed by atoms with Gasteiger partial charge in [-0.1, -0.05) is 18.2 Å². The molecule has 0 atom stereocenters. The van der Waals surface area contributed by atoms with E-state index in [1.165, 1.54) is 0 Å². The number of hydrogen-bond acceptors (Lipinski definition) is 3. The highest BCUT2D eigenvalue weighted by Crippen LogP contribution is 2.28. The standard InChI is InChI=1S/C14H14N2O2/c1-10-4-3-5-12(8-10)15-13-7-6-11(2)9-14(13)16(17)18/h3-9,15H,1-2H3. The molecule has 0 saturated carbocycles. The summed E-state index contributed by atoms with van der Waals surface area (Å²) in [6.07, 6.45) is 0. The third-order valence-corrected chi connectivity index (χ3v) is 2.65. The zero-order valence-electron chi connectivity index (χ0n) is 10.3. The second-order valence-electron chi connectivity index (χ2n) is 4.27. The van der Waals surface area contributed by atoms with Crippen LogP contribution in [0.5, 0.6) is 0 Å². The Morgan fingerprint density at radius 2 is 1.78 bits per heavy atom. The molecule has 1 N–H and O–H groups in total. The van der Waals surface area contributed by atoms with Gasteiger partial charge < -0.3 is 5.32 Å². The number of nitrogens with zero attached hydrogens (tertiary/aromatic N) is 1. The van der Waals surface area contributed by atoms with Crippen LogP contribution in [0.3, 0.4) is 0 Å². The summed E-state index contributed by atoms with van der Waals surface area (Å²) >= 11 is 0. The Morgan fingerprint density at radius 3 is 2.44 bits per heavy atom. The average Bonchev–Trinajstić information content (AvgIpc) is 2.31. The van der Waals surface area contributed by atoms with Crippen LogP contribution in [0, 0.1) is 24.0 Å². The van der Waals surface area contributed by atoms with E-state index in [9.17, 15) is 10.1 Å². The minimum absolute atomic E-state index is 0.0940. The summed E-state index contributed by atoms with van der Waals surface area (Å²) in [5.74, 6) is 0. The van der Waals surface area contributed by atoms with Gasteiger partial charge in [0.2, 0.25) is 0 Å². The minimum atomic E-state index is -0.370. The maximum Gasteiger partial charge on any atom is 0.292 e. The first kappa shape index (κ1) is 12.1. The molecule has 0 unspecified atom stereocenters. The number of nitrogens with one attached hydrogen (secondary N) is 1. The van der Waals surface area contributed by atoms with Gasteiger partial charge in [0.25, 0.3) is 5.69 Å². The van der Waals surface area contributed by atoms with Crippen LogP contribution < -0.4 is 5.32 Å². The van der Waals surface area contributed by atoms with Gasteiger partial charge >= 0.3 is 0 Å². The molecule has 18 heavy (non-hydrogen) atoms. The summed E-state index contributed by atoms with van der Waals surface area (Å²) in [4.78, 5) is 10.6. The fourth-order valence-corrected chi connectivity index (χ4v) is 1.78. The largest absolute Gasteiger partial charge is 0.350 e. The first-order valence-corrected chi connectivity index (χ1v) is 5.65. The molecule has 0 heterocycles. The Kier molecular flexibility index (Phi) is 3.28. The van der Waals surface area contributed by atoms with E-state index in [0.717, 1.165) is 16.8 Å². The van der Waals surface area contributed by atoms with E-state index in [1.54, 1.807) is 12.1 Å². The van der Waals surface area contributed by atoms with Crippen molar-refractivity contribution >= 4 is 17.1 Å². The van der Waals surface area contributed by atoms with Crippen LogP contribution in [0.4, 0.5) is 17.1 Å². The van der Waals surface area contributed by atoms with E-state index >= 15 is 0 Å². The van der Waals surface area contributed by atoms with E-state index in [0.29, 0.717) is 5.69 Å². The fourth-order valence-electron chi connectivity index (χ4n) is 1.78. The SMILES string of the molecule is Cc1cccc(Nc2ccc(C)cc2[N+](=O)[O-])c1. The van der Waals surface area contributed by atoms with Crippen LogP contribution in [0.25, 0.3) is 0 Å². The van der Waals surface area contributed by atoms with E-state index in [4.69, 9.17) is 0 Å². The van der Waals surface area contributed by atoms with Crippen molar-refractivity contribution in [1.29, 1.82) is 0 Å². The molecule has 2 rings (SSSR count). The van der Waals surface area contributed by atoms with Crippen molar-refractivity contribution in [3.8, 4) is 0 Å². The molecule has 0 aliphatic carbocycles. The van der Waals surface area contributed by atoms with Crippen LogP contribution in [0.2, 0.25) is 0 Å². The van der Waals surface area contributed by atoms with E-state index in [-0.39, 0.29) is 10.6 Å². The van der Waals surface area contributed by atoms with Crippen molar-refractivity contribution in [2.75, 3.05) is 5.32 Å². The van der Waals surface area contributed by atoms with Crippen molar-refractivity contribution in [3.05, 3.63) is 63.7 Å². The molecule has 0 spiro atoms. The van der Waals surface area contributed by atoms with Crippen LogP contribution in [0.1, 0.15) is 11.1 Å². The third-order valence-electron chi connectivity index (χ3n) is 2.65. The molecule has 2 aromatic rings. The Balaban J connectivity index is 2.37. The molecule has 4 heteroatoms. The number of hydrogen-bond donors (Lipinski definition) is 1. The summed E-state index contributed by atoms with van der Waals surface area (Å²) in [5.41, 5.74) is 3.43. The zero-order chi connectivity index (χ0) is 13.1. The Labute approximate surface area is 105 Å². The molecule has 0 radical (unpaired) electrons. The maximum absolute atomic E-state index is 11.0. The zero-order valence-corrected chi connectivity index (χ0v) is 10.3. The molecular weight excluding hydrogens is 228 g/mol. The van der Waals surface area contributed by atoms with E-state index < -0.39 is 0 Å². The van der Waals surface area contributed by atoms with E-state index in [2.05, 4.69) is 5.32 Å². The molecule has 0 saturated heterocycles. The quantitative estimate of drug-likeness (QED) is 0.654. The number of rotatable bonds is 3. The first-order chi connectivity index (χ1) is 8.56. The van der Waals surface area contributed by atoms with Crippen molar-refractivity contribution in [3.63, 3.8) is 0 Å². The predicted octanol–water partition coefficient (Wildman–Crippen LogP) is 3.96. The van der Waals surface area contributed by atoms with Crippen LogP contribution in [0.15, 0.2) is 42.5 Å². The predicted molar refractivity (Wildman–Crippen MR) is 72.3 cm³/mol. The van der Waals surface area contributed by atoms with Gasteiger partial charge in [0.1, 0.15) is 5.69 Å². The summed E-state index contributed by atoms with van der Waals surface area (Å²) in [7, 11) is 0. The highest BCUT2D eigenvalue weighted by atomic mass is 16.6. The van der Waals surface area contributed by atoms with Crippen LogP contribution in [-0.2, 0) is 0 Å². The highest BCUT2D eigenvalue weighted by Gasteiger charge is 2.13. The third kappa shape index (κ3) is 2.66. The lowest BCUT2D eigenvalue weighted by molar-refractivity contribution is -0.384. The number of anilines is 2. The monoisotopic (exact) mass is 242 g/mol. The number of nitro benzene ring substituents is 1. The topological polar surface area (TPSA) is 55.2 Å². The number of nitro groups is 1. The lowest BCUT2D eigenvalue weighted by Crippen LogP contribution is -1.97. The van der Waals surface area contributed by atoms with Gasteiger partial charge in [-0.15, -0.1) is 0 Å². The molecule has 2 aromatic carbocycles. The average molecular weight is 242 g/mol. The smallest absolute Gasteiger partial charge is 0.292 e. The molecule has 0 aliphatic heterocycles. The normalized spacial score (nSPS) is 10.1. The Hall–Kier alpha value is -2.36. The minimum Gasteiger partial charge on any atom is -0.350 e.